The maximum absolute atomic E-state index is 12.1. The fraction of sp³-hybridized carbons (Fsp3) is 0.222. The Balaban J connectivity index is 2.10. The molecule has 0 radical (unpaired) electrons. The summed E-state index contributed by atoms with van der Waals surface area (Å²) in [7, 11) is 0. The van der Waals surface area contributed by atoms with Gasteiger partial charge in [0.1, 0.15) is 11.5 Å². The first-order chi connectivity index (χ1) is 10.9. The molecule has 0 saturated heterocycles. The average Bonchev–Trinajstić information content (AvgIpc) is 2.52. The lowest BCUT2D eigenvalue weighted by atomic mass is 10.0. The Hall–Kier alpha value is -2.82. The Morgan fingerprint density at radius 1 is 1.09 bits per heavy atom. The molecule has 3 N–H and O–H groups in total. The van der Waals surface area contributed by atoms with Crippen molar-refractivity contribution in [2.45, 2.75) is 26.7 Å². The third kappa shape index (κ3) is 4.10. The highest BCUT2D eigenvalue weighted by molar-refractivity contribution is 6.02. The van der Waals surface area contributed by atoms with Crippen LogP contribution in [0.1, 0.15) is 48.2 Å². The molecule has 23 heavy (non-hydrogen) atoms. The lowest BCUT2D eigenvalue weighted by Crippen LogP contribution is -2.19. The number of nitrogens with zero attached hydrogens (tertiary/aromatic N) is 1. The van der Waals surface area contributed by atoms with Gasteiger partial charge in [-0.25, -0.2) is 5.43 Å². The zero-order chi connectivity index (χ0) is 17.0. The van der Waals surface area contributed by atoms with E-state index in [-0.39, 0.29) is 17.4 Å². The van der Waals surface area contributed by atoms with Crippen LogP contribution >= 0.6 is 0 Å². The van der Waals surface area contributed by atoms with Gasteiger partial charge in [-0.05, 0) is 42.7 Å². The molecule has 0 aliphatic heterocycles. The minimum Gasteiger partial charge on any atom is -0.508 e. The molecular weight excluding hydrogens is 292 g/mol. The third-order valence-electron chi connectivity index (χ3n) is 3.54. The summed E-state index contributed by atoms with van der Waals surface area (Å²) < 4.78 is 0. The quantitative estimate of drug-likeness (QED) is 0.598. The summed E-state index contributed by atoms with van der Waals surface area (Å²) >= 11 is 0. The summed E-state index contributed by atoms with van der Waals surface area (Å²) in [6.07, 6.45) is 0. The highest BCUT2D eigenvalue weighted by Gasteiger charge is 2.08. The van der Waals surface area contributed by atoms with Crippen molar-refractivity contribution in [3.63, 3.8) is 0 Å². The highest BCUT2D eigenvalue weighted by atomic mass is 16.3. The van der Waals surface area contributed by atoms with Crippen molar-refractivity contribution < 1.29 is 15.0 Å². The van der Waals surface area contributed by atoms with Crippen LogP contribution in [0.5, 0.6) is 11.5 Å². The monoisotopic (exact) mass is 312 g/mol. The second kappa shape index (κ2) is 6.96. The third-order valence-corrected chi connectivity index (χ3v) is 3.54. The summed E-state index contributed by atoms with van der Waals surface area (Å²) in [5.74, 6) is -0.0436. The minimum atomic E-state index is -0.321. The van der Waals surface area contributed by atoms with Gasteiger partial charge in [0, 0.05) is 17.2 Å². The molecule has 0 aliphatic rings. The van der Waals surface area contributed by atoms with Crippen molar-refractivity contribution >= 4 is 11.6 Å². The number of carbonyl (C=O) groups excluding carboxylic acids is 1. The van der Waals surface area contributed by atoms with Crippen LogP contribution in [0.2, 0.25) is 0 Å². The van der Waals surface area contributed by atoms with E-state index in [9.17, 15) is 15.0 Å². The van der Waals surface area contributed by atoms with Crippen LogP contribution in [-0.4, -0.2) is 21.8 Å². The Morgan fingerprint density at radius 3 is 2.30 bits per heavy atom. The number of phenols is 2. The molecule has 5 nitrogen and oxygen atoms in total. The van der Waals surface area contributed by atoms with Crippen LogP contribution < -0.4 is 5.43 Å². The first-order valence-corrected chi connectivity index (χ1v) is 7.35. The van der Waals surface area contributed by atoms with Crippen molar-refractivity contribution in [2.75, 3.05) is 0 Å². The summed E-state index contributed by atoms with van der Waals surface area (Å²) in [6.45, 7) is 5.84. The number of carbonyl (C=O) groups is 1. The van der Waals surface area contributed by atoms with E-state index in [0.29, 0.717) is 22.8 Å². The number of aromatic hydroxyl groups is 2. The molecule has 2 aromatic carbocycles. The number of amides is 1. The molecule has 0 aromatic heterocycles. The topological polar surface area (TPSA) is 81.9 Å². The molecule has 2 rings (SSSR count). The first-order valence-electron chi connectivity index (χ1n) is 7.35. The lowest BCUT2D eigenvalue weighted by molar-refractivity contribution is 0.0955. The van der Waals surface area contributed by atoms with Crippen LogP contribution in [0, 0.1) is 0 Å². The fourth-order valence-corrected chi connectivity index (χ4v) is 2.10. The van der Waals surface area contributed by atoms with E-state index in [2.05, 4.69) is 24.4 Å². The SMILES string of the molecule is C/C(=N\NC(=O)c1ccc(C(C)C)cc1)c1ccc(O)cc1O. The molecule has 0 saturated carbocycles. The van der Waals surface area contributed by atoms with Crippen LogP contribution in [0.4, 0.5) is 0 Å². The number of hydrogen-bond donors (Lipinski definition) is 3. The van der Waals surface area contributed by atoms with Crippen molar-refractivity contribution in [3.8, 4) is 11.5 Å². The van der Waals surface area contributed by atoms with Gasteiger partial charge >= 0.3 is 0 Å². The Labute approximate surface area is 135 Å². The van der Waals surface area contributed by atoms with E-state index in [1.807, 2.05) is 12.1 Å². The van der Waals surface area contributed by atoms with Gasteiger partial charge in [0.2, 0.25) is 0 Å². The van der Waals surface area contributed by atoms with Crippen molar-refractivity contribution in [1.82, 2.24) is 5.43 Å². The summed E-state index contributed by atoms with van der Waals surface area (Å²) in [4.78, 5) is 12.1. The molecule has 1 amide bonds. The predicted octanol–water partition coefficient (Wildman–Crippen LogP) is 3.38. The molecule has 0 heterocycles. The molecule has 120 valence electrons. The molecule has 2 aromatic rings. The fourth-order valence-electron chi connectivity index (χ4n) is 2.10. The molecule has 0 spiro atoms. The summed E-state index contributed by atoms with van der Waals surface area (Å²) in [6, 6.07) is 11.6. The zero-order valence-electron chi connectivity index (χ0n) is 13.4. The van der Waals surface area contributed by atoms with Gasteiger partial charge in [0.15, 0.2) is 0 Å². The van der Waals surface area contributed by atoms with Crippen molar-refractivity contribution in [1.29, 1.82) is 0 Å². The van der Waals surface area contributed by atoms with Gasteiger partial charge in [-0.3, -0.25) is 4.79 Å². The van der Waals surface area contributed by atoms with Gasteiger partial charge < -0.3 is 10.2 Å². The number of rotatable bonds is 4. The van der Waals surface area contributed by atoms with Gasteiger partial charge in [0.05, 0.1) is 5.71 Å². The standard InChI is InChI=1S/C18H20N2O3/c1-11(2)13-4-6-14(7-5-13)18(23)20-19-12(3)16-9-8-15(21)10-17(16)22/h4-11,21-22H,1-3H3,(H,20,23)/b19-12+. The van der Waals surface area contributed by atoms with Crippen LogP contribution in [0.15, 0.2) is 47.6 Å². The summed E-state index contributed by atoms with van der Waals surface area (Å²) in [5.41, 5.74) is 5.02. The average molecular weight is 312 g/mol. The number of nitrogens with one attached hydrogen (secondary N) is 1. The number of benzene rings is 2. The van der Waals surface area contributed by atoms with E-state index in [1.165, 1.54) is 18.2 Å². The second-order valence-corrected chi connectivity index (χ2v) is 5.62. The van der Waals surface area contributed by atoms with E-state index >= 15 is 0 Å². The maximum atomic E-state index is 12.1. The lowest BCUT2D eigenvalue weighted by Gasteiger charge is -2.07. The summed E-state index contributed by atoms with van der Waals surface area (Å²) in [5, 5.41) is 23.0. The van der Waals surface area contributed by atoms with Crippen LogP contribution in [0.25, 0.3) is 0 Å². The Morgan fingerprint density at radius 2 is 1.74 bits per heavy atom. The van der Waals surface area contributed by atoms with Crippen LogP contribution in [-0.2, 0) is 0 Å². The molecule has 0 aliphatic carbocycles. The maximum Gasteiger partial charge on any atom is 0.271 e. The van der Waals surface area contributed by atoms with E-state index in [0.717, 1.165) is 5.56 Å². The molecular formula is C18H20N2O3. The molecule has 0 atom stereocenters. The number of phenolic OH excluding ortho intramolecular Hbond substituents is 2. The second-order valence-electron chi connectivity index (χ2n) is 5.62. The van der Waals surface area contributed by atoms with Crippen molar-refractivity contribution in [2.24, 2.45) is 5.10 Å². The van der Waals surface area contributed by atoms with Crippen molar-refractivity contribution in [3.05, 3.63) is 59.2 Å². The van der Waals surface area contributed by atoms with Crippen LogP contribution in [0.3, 0.4) is 0 Å². The van der Waals surface area contributed by atoms with E-state index in [1.54, 1.807) is 19.1 Å². The van der Waals surface area contributed by atoms with Gasteiger partial charge in [-0.1, -0.05) is 26.0 Å². The number of hydrazone groups is 1. The zero-order valence-corrected chi connectivity index (χ0v) is 13.4. The Kier molecular flexibility index (Phi) is 5.01. The largest absolute Gasteiger partial charge is 0.508 e. The molecule has 0 unspecified atom stereocenters. The van der Waals surface area contributed by atoms with E-state index in [4.69, 9.17) is 0 Å². The van der Waals surface area contributed by atoms with Gasteiger partial charge in [-0.15, -0.1) is 0 Å². The molecule has 0 fully saturated rings. The van der Waals surface area contributed by atoms with Gasteiger partial charge in [-0.2, -0.15) is 5.10 Å². The minimum absolute atomic E-state index is 0.0340. The Bertz CT molecular complexity index is 734. The molecule has 5 heteroatoms. The number of hydrogen-bond acceptors (Lipinski definition) is 4. The molecule has 0 bridgehead atoms. The smallest absolute Gasteiger partial charge is 0.271 e. The normalized spacial score (nSPS) is 11.6. The predicted molar refractivity (Wildman–Crippen MR) is 90.0 cm³/mol. The van der Waals surface area contributed by atoms with Gasteiger partial charge in [0.25, 0.3) is 5.91 Å². The van der Waals surface area contributed by atoms with E-state index < -0.39 is 0 Å². The first kappa shape index (κ1) is 16.5. The highest BCUT2D eigenvalue weighted by Crippen LogP contribution is 2.23.